The van der Waals surface area contributed by atoms with E-state index in [0.717, 1.165) is 39.0 Å². The van der Waals surface area contributed by atoms with E-state index in [2.05, 4.69) is 9.80 Å². The first-order valence-corrected chi connectivity index (χ1v) is 8.32. The molecule has 1 amide bonds. The van der Waals surface area contributed by atoms with Crippen molar-refractivity contribution in [3.63, 3.8) is 0 Å². The van der Waals surface area contributed by atoms with E-state index >= 15 is 0 Å². The molecule has 1 aliphatic heterocycles. The van der Waals surface area contributed by atoms with Gasteiger partial charge in [-0.25, -0.2) is 0 Å². The van der Waals surface area contributed by atoms with E-state index in [-0.39, 0.29) is 12.0 Å². The lowest BCUT2D eigenvalue weighted by molar-refractivity contribution is -0.137. The minimum Gasteiger partial charge on any atom is -0.392 e. The van der Waals surface area contributed by atoms with Crippen LogP contribution in [-0.4, -0.2) is 52.9 Å². The fourth-order valence-electron chi connectivity index (χ4n) is 3.29. The van der Waals surface area contributed by atoms with Crippen LogP contribution in [-0.2, 0) is 4.79 Å². The van der Waals surface area contributed by atoms with Crippen LogP contribution in [0.5, 0.6) is 0 Å². The van der Waals surface area contributed by atoms with Gasteiger partial charge in [-0.3, -0.25) is 9.69 Å². The van der Waals surface area contributed by atoms with Crippen LogP contribution in [0.3, 0.4) is 0 Å². The summed E-state index contributed by atoms with van der Waals surface area (Å²) < 4.78 is 0. The molecule has 1 atom stereocenters. The molecule has 0 bridgehead atoms. The molecule has 114 valence electrons. The molecule has 2 fully saturated rings. The number of carbonyl (C=O) groups excluding carboxylic acids is 1. The zero-order valence-corrected chi connectivity index (χ0v) is 13.3. The minimum atomic E-state index is 0.139. The van der Waals surface area contributed by atoms with Gasteiger partial charge >= 0.3 is 0 Å². The Morgan fingerprint density at radius 2 is 1.65 bits per heavy atom. The maximum atomic E-state index is 12.6. The Morgan fingerprint density at radius 3 is 2.15 bits per heavy atom. The predicted octanol–water partition coefficient (Wildman–Crippen LogP) is 1.78. The van der Waals surface area contributed by atoms with E-state index in [1.165, 1.54) is 25.7 Å². The van der Waals surface area contributed by atoms with Gasteiger partial charge in [0.1, 0.15) is 0 Å². The Kier molecular flexibility index (Phi) is 5.78. The first-order valence-electron chi connectivity index (χ1n) is 7.91. The summed E-state index contributed by atoms with van der Waals surface area (Å²) in [7, 11) is 0. The van der Waals surface area contributed by atoms with E-state index in [9.17, 15) is 4.79 Å². The molecule has 2 aliphatic rings. The lowest BCUT2D eigenvalue weighted by Gasteiger charge is -2.38. The van der Waals surface area contributed by atoms with Crippen LogP contribution in [0.1, 0.15) is 45.4 Å². The molecule has 1 saturated carbocycles. The highest BCUT2D eigenvalue weighted by atomic mass is 32.1. The van der Waals surface area contributed by atoms with Gasteiger partial charge in [-0.2, -0.15) is 0 Å². The van der Waals surface area contributed by atoms with Crippen LogP contribution in [0.15, 0.2) is 0 Å². The Labute approximate surface area is 127 Å². The second-order valence-corrected chi connectivity index (χ2v) is 6.60. The fraction of sp³-hybridized carbons (Fsp3) is 0.867. The van der Waals surface area contributed by atoms with Crippen molar-refractivity contribution in [2.24, 2.45) is 11.7 Å². The third-order valence-corrected chi connectivity index (χ3v) is 5.13. The van der Waals surface area contributed by atoms with Gasteiger partial charge in [0.05, 0.1) is 11.0 Å². The Hall–Kier alpha value is -0.680. The highest BCUT2D eigenvalue weighted by Crippen LogP contribution is 2.25. The first-order chi connectivity index (χ1) is 9.59. The van der Waals surface area contributed by atoms with E-state index < -0.39 is 0 Å². The third-order valence-electron chi connectivity index (χ3n) is 4.79. The summed E-state index contributed by atoms with van der Waals surface area (Å²) in [6.07, 6.45) is 7.19. The second kappa shape index (κ2) is 7.36. The van der Waals surface area contributed by atoms with Crippen LogP contribution in [0.2, 0.25) is 0 Å². The number of nitrogens with two attached hydrogens (primary N) is 1. The van der Waals surface area contributed by atoms with Gasteiger partial charge in [-0.1, -0.05) is 37.9 Å². The predicted molar refractivity (Wildman–Crippen MR) is 85.6 cm³/mol. The van der Waals surface area contributed by atoms with Gasteiger partial charge in [0.15, 0.2) is 0 Å². The zero-order valence-electron chi connectivity index (χ0n) is 12.5. The molecule has 1 saturated heterocycles. The Morgan fingerprint density at radius 1 is 1.10 bits per heavy atom. The van der Waals surface area contributed by atoms with Crippen LogP contribution in [0, 0.1) is 5.92 Å². The van der Waals surface area contributed by atoms with Gasteiger partial charge in [-0.05, 0) is 19.8 Å². The molecule has 1 heterocycles. The number of carbonyl (C=O) groups is 1. The molecular weight excluding hydrogens is 270 g/mol. The lowest BCUT2D eigenvalue weighted by atomic mass is 9.98. The van der Waals surface area contributed by atoms with Crippen LogP contribution in [0.4, 0.5) is 0 Å². The maximum Gasteiger partial charge on any atom is 0.225 e. The van der Waals surface area contributed by atoms with E-state index in [1.807, 2.05) is 6.92 Å². The maximum absolute atomic E-state index is 12.6. The molecule has 2 N–H and O–H groups in total. The van der Waals surface area contributed by atoms with Crippen LogP contribution < -0.4 is 5.73 Å². The van der Waals surface area contributed by atoms with Crippen molar-refractivity contribution < 1.29 is 4.79 Å². The van der Waals surface area contributed by atoms with Crippen molar-refractivity contribution in [1.29, 1.82) is 0 Å². The number of thiocarbonyl (C=S) groups is 1. The molecular formula is C15H27N3OS. The Balaban J connectivity index is 1.83. The molecule has 5 heteroatoms. The highest BCUT2D eigenvalue weighted by molar-refractivity contribution is 7.80. The molecule has 0 aromatic heterocycles. The smallest absolute Gasteiger partial charge is 0.225 e. The van der Waals surface area contributed by atoms with Crippen molar-refractivity contribution in [1.82, 2.24) is 9.80 Å². The summed E-state index contributed by atoms with van der Waals surface area (Å²) in [4.78, 5) is 17.5. The largest absolute Gasteiger partial charge is 0.392 e. The monoisotopic (exact) mass is 297 g/mol. The van der Waals surface area contributed by atoms with Gasteiger partial charge in [0.2, 0.25) is 5.91 Å². The molecule has 0 aromatic carbocycles. The molecule has 0 spiro atoms. The van der Waals surface area contributed by atoms with Crippen molar-refractivity contribution in [3.05, 3.63) is 0 Å². The number of piperazine rings is 1. The average Bonchev–Trinajstić information content (AvgIpc) is 2.75. The van der Waals surface area contributed by atoms with E-state index in [1.54, 1.807) is 0 Å². The summed E-state index contributed by atoms with van der Waals surface area (Å²) in [5.41, 5.74) is 5.70. The van der Waals surface area contributed by atoms with Crippen LogP contribution >= 0.6 is 12.2 Å². The minimum absolute atomic E-state index is 0.139. The standard InChI is InChI=1S/C15H27N3OS/c1-12(14(16)20)17-8-10-18(11-9-17)15(19)13-6-4-2-3-5-7-13/h12-13H,2-11H2,1H3,(H2,16,20). The van der Waals surface area contributed by atoms with Crippen molar-refractivity contribution in [3.8, 4) is 0 Å². The molecule has 0 aromatic rings. The molecule has 1 unspecified atom stereocenters. The number of nitrogens with zero attached hydrogens (tertiary/aromatic N) is 2. The van der Waals surface area contributed by atoms with Gasteiger partial charge in [0.25, 0.3) is 0 Å². The van der Waals surface area contributed by atoms with Crippen LogP contribution in [0.25, 0.3) is 0 Å². The summed E-state index contributed by atoms with van der Waals surface area (Å²) >= 11 is 5.05. The molecule has 0 radical (unpaired) electrons. The molecule has 4 nitrogen and oxygen atoms in total. The first kappa shape index (κ1) is 15.7. The second-order valence-electron chi connectivity index (χ2n) is 6.13. The zero-order chi connectivity index (χ0) is 14.5. The number of hydrogen-bond donors (Lipinski definition) is 1. The van der Waals surface area contributed by atoms with Crippen molar-refractivity contribution >= 4 is 23.1 Å². The van der Waals surface area contributed by atoms with E-state index in [4.69, 9.17) is 18.0 Å². The summed E-state index contributed by atoms with van der Waals surface area (Å²) in [6, 6.07) is 0.139. The van der Waals surface area contributed by atoms with Gasteiger partial charge < -0.3 is 10.6 Å². The summed E-state index contributed by atoms with van der Waals surface area (Å²) in [5, 5.41) is 0. The molecule has 2 rings (SSSR count). The lowest BCUT2D eigenvalue weighted by Crippen LogP contribution is -2.54. The normalized spacial score (nSPS) is 24.1. The SMILES string of the molecule is CC(C(N)=S)N1CCN(C(=O)C2CCCCCC2)CC1. The quantitative estimate of drug-likeness (QED) is 0.637. The molecule has 1 aliphatic carbocycles. The highest BCUT2D eigenvalue weighted by Gasteiger charge is 2.29. The topological polar surface area (TPSA) is 49.6 Å². The van der Waals surface area contributed by atoms with E-state index in [0.29, 0.717) is 10.9 Å². The van der Waals surface area contributed by atoms with Crippen molar-refractivity contribution in [2.75, 3.05) is 26.2 Å². The average molecular weight is 297 g/mol. The van der Waals surface area contributed by atoms with Gasteiger partial charge in [-0.15, -0.1) is 0 Å². The molecule has 20 heavy (non-hydrogen) atoms. The third kappa shape index (κ3) is 3.92. The summed E-state index contributed by atoms with van der Waals surface area (Å²) in [6.45, 7) is 5.46. The number of amides is 1. The summed E-state index contributed by atoms with van der Waals surface area (Å²) in [5.74, 6) is 0.659. The Bertz CT molecular complexity index is 345. The number of hydrogen-bond acceptors (Lipinski definition) is 3. The van der Waals surface area contributed by atoms with Crippen molar-refractivity contribution in [2.45, 2.75) is 51.5 Å². The number of rotatable bonds is 3. The van der Waals surface area contributed by atoms with Gasteiger partial charge in [0, 0.05) is 32.1 Å². The fourth-order valence-corrected chi connectivity index (χ4v) is 3.44.